The number of nitrogen functional groups attached to an aromatic ring is 1. The molecule has 0 atom stereocenters. The third-order valence-electron chi connectivity index (χ3n) is 2.85. The molecule has 92 valence electrons. The molecule has 0 aliphatic carbocycles. The molecule has 3 aromatic rings. The van der Waals surface area contributed by atoms with Crippen LogP contribution in [0.15, 0.2) is 30.3 Å². The normalized spacial score (nSPS) is 10.5. The standard InChI is InChI=1S/C13H10N6/c1-8-10(7-14)11(15)19-13(16-8)17-12(18-19)9-5-3-2-4-6-9/h2-6H,15H2,1H3. The van der Waals surface area contributed by atoms with Crippen LogP contribution in [0.5, 0.6) is 0 Å². The number of fused-ring (bicyclic) bond motifs is 1. The zero-order valence-corrected chi connectivity index (χ0v) is 10.2. The van der Waals surface area contributed by atoms with Crippen LogP contribution in [0.2, 0.25) is 0 Å². The summed E-state index contributed by atoms with van der Waals surface area (Å²) in [5, 5.41) is 13.4. The lowest BCUT2D eigenvalue weighted by Crippen LogP contribution is -2.06. The van der Waals surface area contributed by atoms with E-state index in [9.17, 15) is 0 Å². The Morgan fingerprint density at radius 2 is 1.95 bits per heavy atom. The number of nitrogens with two attached hydrogens (primary N) is 1. The third kappa shape index (κ3) is 1.68. The van der Waals surface area contributed by atoms with Crippen LogP contribution in [0.25, 0.3) is 17.2 Å². The maximum absolute atomic E-state index is 9.05. The van der Waals surface area contributed by atoms with Gasteiger partial charge in [-0.05, 0) is 6.92 Å². The van der Waals surface area contributed by atoms with Crippen molar-refractivity contribution in [2.24, 2.45) is 0 Å². The lowest BCUT2D eigenvalue weighted by Gasteiger charge is -2.01. The maximum Gasteiger partial charge on any atom is 0.254 e. The van der Waals surface area contributed by atoms with Gasteiger partial charge in [0.1, 0.15) is 17.5 Å². The van der Waals surface area contributed by atoms with Gasteiger partial charge in [0, 0.05) is 5.56 Å². The first-order valence-corrected chi connectivity index (χ1v) is 5.69. The summed E-state index contributed by atoms with van der Waals surface area (Å²) >= 11 is 0. The van der Waals surface area contributed by atoms with Crippen molar-refractivity contribution in [1.29, 1.82) is 5.26 Å². The van der Waals surface area contributed by atoms with Crippen molar-refractivity contribution in [1.82, 2.24) is 19.6 Å². The summed E-state index contributed by atoms with van der Waals surface area (Å²) in [5.74, 6) is 1.20. The van der Waals surface area contributed by atoms with Crippen molar-refractivity contribution >= 4 is 11.6 Å². The quantitative estimate of drug-likeness (QED) is 0.707. The average molecular weight is 250 g/mol. The number of hydrogen-bond donors (Lipinski definition) is 1. The van der Waals surface area contributed by atoms with Crippen LogP contribution in [-0.4, -0.2) is 19.6 Å². The molecule has 1 aromatic carbocycles. The van der Waals surface area contributed by atoms with E-state index in [1.165, 1.54) is 4.52 Å². The first-order chi connectivity index (χ1) is 9.20. The van der Waals surface area contributed by atoms with E-state index in [0.29, 0.717) is 22.9 Å². The minimum atomic E-state index is 0.264. The van der Waals surface area contributed by atoms with Gasteiger partial charge in [0.05, 0.1) is 5.69 Å². The topological polar surface area (TPSA) is 92.9 Å². The number of nitrogens with zero attached hydrogens (tertiary/aromatic N) is 5. The zero-order chi connectivity index (χ0) is 13.4. The Labute approximate surface area is 109 Å². The minimum Gasteiger partial charge on any atom is -0.382 e. The van der Waals surface area contributed by atoms with Gasteiger partial charge in [0.15, 0.2) is 5.82 Å². The zero-order valence-electron chi connectivity index (χ0n) is 10.2. The fourth-order valence-corrected chi connectivity index (χ4v) is 1.88. The second kappa shape index (κ2) is 4.07. The Morgan fingerprint density at radius 1 is 1.21 bits per heavy atom. The molecular weight excluding hydrogens is 240 g/mol. The van der Waals surface area contributed by atoms with E-state index >= 15 is 0 Å². The summed E-state index contributed by atoms with van der Waals surface area (Å²) in [6.07, 6.45) is 0. The molecule has 0 unspecified atom stereocenters. The highest BCUT2D eigenvalue weighted by molar-refractivity contribution is 5.61. The summed E-state index contributed by atoms with van der Waals surface area (Å²) in [6, 6.07) is 11.6. The van der Waals surface area contributed by atoms with Crippen LogP contribution in [0, 0.1) is 18.3 Å². The molecule has 19 heavy (non-hydrogen) atoms. The van der Waals surface area contributed by atoms with Crippen LogP contribution in [-0.2, 0) is 0 Å². The van der Waals surface area contributed by atoms with Gasteiger partial charge in [0.25, 0.3) is 5.78 Å². The van der Waals surface area contributed by atoms with Crippen LogP contribution < -0.4 is 5.73 Å². The first kappa shape index (κ1) is 11.2. The second-order valence-corrected chi connectivity index (χ2v) is 4.08. The summed E-state index contributed by atoms with van der Waals surface area (Å²) in [5.41, 5.74) is 7.68. The summed E-state index contributed by atoms with van der Waals surface area (Å²) in [4.78, 5) is 8.57. The lowest BCUT2D eigenvalue weighted by atomic mass is 10.2. The number of aromatic nitrogens is 4. The number of anilines is 1. The number of benzene rings is 1. The molecule has 6 nitrogen and oxygen atoms in total. The third-order valence-corrected chi connectivity index (χ3v) is 2.85. The average Bonchev–Trinajstić information content (AvgIpc) is 2.84. The van der Waals surface area contributed by atoms with Gasteiger partial charge in [-0.15, -0.1) is 5.10 Å². The van der Waals surface area contributed by atoms with E-state index in [4.69, 9.17) is 11.0 Å². The summed E-state index contributed by atoms with van der Waals surface area (Å²) in [7, 11) is 0. The van der Waals surface area contributed by atoms with Crippen molar-refractivity contribution in [3.05, 3.63) is 41.6 Å². The van der Waals surface area contributed by atoms with E-state index in [1.54, 1.807) is 6.92 Å². The molecule has 0 aliphatic heterocycles. The molecule has 2 aromatic heterocycles. The number of nitriles is 1. The molecule has 0 aliphatic rings. The Morgan fingerprint density at radius 3 is 2.63 bits per heavy atom. The van der Waals surface area contributed by atoms with E-state index in [2.05, 4.69) is 15.1 Å². The van der Waals surface area contributed by atoms with Crippen molar-refractivity contribution < 1.29 is 0 Å². The van der Waals surface area contributed by atoms with Gasteiger partial charge in [-0.25, -0.2) is 4.98 Å². The molecule has 2 N–H and O–H groups in total. The predicted molar refractivity (Wildman–Crippen MR) is 70.1 cm³/mol. The highest BCUT2D eigenvalue weighted by Crippen LogP contribution is 2.19. The fourth-order valence-electron chi connectivity index (χ4n) is 1.88. The molecule has 0 radical (unpaired) electrons. The van der Waals surface area contributed by atoms with E-state index in [0.717, 1.165) is 5.56 Å². The van der Waals surface area contributed by atoms with E-state index < -0.39 is 0 Å². The molecule has 0 spiro atoms. The maximum atomic E-state index is 9.05. The van der Waals surface area contributed by atoms with Crippen molar-refractivity contribution in [2.75, 3.05) is 5.73 Å². The Hall–Kier alpha value is -2.94. The number of aryl methyl sites for hydroxylation is 1. The largest absolute Gasteiger partial charge is 0.382 e. The van der Waals surface area contributed by atoms with Gasteiger partial charge >= 0.3 is 0 Å². The first-order valence-electron chi connectivity index (χ1n) is 5.69. The monoisotopic (exact) mass is 250 g/mol. The SMILES string of the molecule is Cc1nc2nc(-c3ccccc3)nn2c(N)c1C#N. The second-order valence-electron chi connectivity index (χ2n) is 4.08. The highest BCUT2D eigenvalue weighted by atomic mass is 15.4. The Balaban J connectivity index is 2.28. The molecule has 2 heterocycles. The minimum absolute atomic E-state index is 0.264. The lowest BCUT2D eigenvalue weighted by molar-refractivity contribution is 0.939. The smallest absolute Gasteiger partial charge is 0.254 e. The molecular formula is C13H10N6. The molecule has 0 amide bonds. The van der Waals surface area contributed by atoms with Crippen LogP contribution in [0.3, 0.4) is 0 Å². The Bertz CT molecular complexity index is 797. The molecule has 0 bridgehead atoms. The molecule has 3 rings (SSSR count). The van der Waals surface area contributed by atoms with Gasteiger partial charge in [-0.1, -0.05) is 30.3 Å². The van der Waals surface area contributed by atoms with E-state index in [-0.39, 0.29) is 5.82 Å². The van der Waals surface area contributed by atoms with Gasteiger partial charge in [-0.2, -0.15) is 14.8 Å². The summed E-state index contributed by atoms with van der Waals surface area (Å²) in [6.45, 7) is 1.73. The predicted octanol–water partition coefficient (Wildman–Crippen LogP) is 1.55. The van der Waals surface area contributed by atoms with E-state index in [1.807, 2.05) is 36.4 Å². The van der Waals surface area contributed by atoms with Crippen molar-refractivity contribution in [3.8, 4) is 17.5 Å². The molecule has 0 saturated carbocycles. The van der Waals surface area contributed by atoms with Crippen molar-refractivity contribution in [2.45, 2.75) is 6.92 Å². The van der Waals surface area contributed by atoms with Crippen LogP contribution >= 0.6 is 0 Å². The highest BCUT2D eigenvalue weighted by Gasteiger charge is 2.14. The van der Waals surface area contributed by atoms with Gasteiger partial charge in [0.2, 0.25) is 0 Å². The molecule has 6 heteroatoms. The van der Waals surface area contributed by atoms with Crippen LogP contribution in [0.1, 0.15) is 11.3 Å². The number of hydrogen-bond acceptors (Lipinski definition) is 5. The van der Waals surface area contributed by atoms with Crippen molar-refractivity contribution in [3.63, 3.8) is 0 Å². The molecule has 0 fully saturated rings. The Kier molecular flexibility index (Phi) is 2.39. The summed E-state index contributed by atoms with van der Waals surface area (Å²) < 4.78 is 1.40. The number of rotatable bonds is 1. The molecule has 0 saturated heterocycles. The van der Waals surface area contributed by atoms with Gasteiger partial charge in [-0.3, -0.25) is 0 Å². The van der Waals surface area contributed by atoms with Crippen LogP contribution in [0.4, 0.5) is 5.82 Å². The van der Waals surface area contributed by atoms with Gasteiger partial charge < -0.3 is 5.73 Å². The fraction of sp³-hybridized carbons (Fsp3) is 0.0769.